The minimum atomic E-state index is -0.532. The number of hydrogen-bond donors (Lipinski definition) is 3. The Bertz CT molecular complexity index is 651. The molecule has 0 saturated carbocycles. The first-order valence-electron chi connectivity index (χ1n) is 8.66. The van der Waals surface area contributed by atoms with E-state index in [0.29, 0.717) is 45.7 Å². The fourth-order valence-electron chi connectivity index (χ4n) is 3.86. The van der Waals surface area contributed by atoms with Gasteiger partial charge in [-0.25, -0.2) is 4.79 Å². The van der Waals surface area contributed by atoms with Crippen LogP contribution >= 0.6 is 0 Å². The summed E-state index contributed by atoms with van der Waals surface area (Å²) in [4.78, 5) is 26.6. The van der Waals surface area contributed by atoms with Gasteiger partial charge in [0.05, 0.1) is 12.0 Å². The molecule has 3 N–H and O–H groups in total. The maximum absolute atomic E-state index is 12.5. The topological polar surface area (TPSA) is 90.9 Å². The number of aromatic hydroxyl groups is 1. The molecule has 2 atom stereocenters. The molecule has 2 aliphatic rings. The van der Waals surface area contributed by atoms with Crippen LogP contribution in [0.25, 0.3) is 0 Å². The van der Waals surface area contributed by atoms with Crippen LogP contribution in [0.5, 0.6) is 5.75 Å². The maximum Gasteiger partial charge on any atom is 0.317 e. The van der Waals surface area contributed by atoms with Gasteiger partial charge >= 0.3 is 6.03 Å². The molecule has 0 unspecified atom stereocenters. The van der Waals surface area contributed by atoms with Gasteiger partial charge in [-0.2, -0.15) is 0 Å². The Morgan fingerprint density at radius 1 is 1.44 bits per heavy atom. The number of hydrogen-bond acceptors (Lipinski definition) is 4. The lowest BCUT2D eigenvalue weighted by molar-refractivity contribution is -0.138. The molecule has 3 rings (SSSR count). The average molecular weight is 347 g/mol. The van der Waals surface area contributed by atoms with Crippen molar-refractivity contribution in [2.24, 2.45) is 11.3 Å². The predicted molar refractivity (Wildman–Crippen MR) is 92.2 cm³/mol. The van der Waals surface area contributed by atoms with Crippen LogP contribution in [-0.2, 0) is 16.0 Å². The van der Waals surface area contributed by atoms with E-state index in [1.807, 2.05) is 6.07 Å². The smallest absolute Gasteiger partial charge is 0.317 e. The normalized spacial score (nSPS) is 25.3. The SMILES string of the molecule is CNC(=O)[C@@]12CCOC[C@@H]1CN(C(=O)NCCc1cccc(O)c1)C2. The molecular weight excluding hydrogens is 322 g/mol. The lowest BCUT2D eigenvalue weighted by Gasteiger charge is -2.36. The number of amides is 3. The molecule has 0 aliphatic carbocycles. The van der Waals surface area contributed by atoms with Crippen molar-refractivity contribution in [3.05, 3.63) is 29.8 Å². The lowest BCUT2D eigenvalue weighted by atomic mass is 9.73. The Labute approximate surface area is 147 Å². The van der Waals surface area contributed by atoms with E-state index in [4.69, 9.17) is 4.74 Å². The van der Waals surface area contributed by atoms with E-state index in [2.05, 4.69) is 10.6 Å². The van der Waals surface area contributed by atoms with Gasteiger partial charge in [-0.15, -0.1) is 0 Å². The summed E-state index contributed by atoms with van der Waals surface area (Å²) in [5.74, 6) is 0.258. The van der Waals surface area contributed by atoms with E-state index in [1.54, 1.807) is 30.1 Å². The molecule has 0 bridgehead atoms. The number of likely N-dealkylation sites (tertiary alicyclic amines) is 1. The average Bonchev–Trinajstić information content (AvgIpc) is 3.02. The highest BCUT2D eigenvalue weighted by atomic mass is 16.5. The molecule has 0 radical (unpaired) electrons. The quantitative estimate of drug-likeness (QED) is 0.749. The van der Waals surface area contributed by atoms with E-state index in [1.165, 1.54) is 0 Å². The standard InChI is InChI=1S/C18H25N3O4/c1-19-16(23)18-6-8-25-11-14(18)10-21(12-18)17(24)20-7-5-13-3-2-4-15(22)9-13/h2-4,9,14,22H,5-8,10-12H2,1H3,(H,19,23)(H,20,24)/t14-,18+/m0/s1. The minimum Gasteiger partial charge on any atom is -0.508 e. The summed E-state index contributed by atoms with van der Waals surface area (Å²) in [6.45, 7) is 2.51. The summed E-state index contributed by atoms with van der Waals surface area (Å²) < 4.78 is 5.52. The van der Waals surface area contributed by atoms with Gasteiger partial charge < -0.3 is 25.4 Å². The molecule has 0 aromatic heterocycles. The maximum atomic E-state index is 12.5. The summed E-state index contributed by atoms with van der Waals surface area (Å²) >= 11 is 0. The number of carbonyl (C=O) groups is 2. The first kappa shape index (κ1) is 17.5. The number of urea groups is 1. The van der Waals surface area contributed by atoms with Gasteiger partial charge in [0.1, 0.15) is 5.75 Å². The number of benzene rings is 1. The van der Waals surface area contributed by atoms with Crippen molar-refractivity contribution in [2.75, 3.05) is 39.9 Å². The van der Waals surface area contributed by atoms with Gasteiger partial charge in [-0.3, -0.25) is 4.79 Å². The highest BCUT2D eigenvalue weighted by Crippen LogP contribution is 2.42. The van der Waals surface area contributed by atoms with Gasteiger partial charge in [0, 0.05) is 39.2 Å². The first-order valence-corrected chi connectivity index (χ1v) is 8.66. The Morgan fingerprint density at radius 3 is 3.04 bits per heavy atom. The van der Waals surface area contributed by atoms with Crippen LogP contribution in [0.2, 0.25) is 0 Å². The molecule has 3 amide bonds. The van der Waals surface area contributed by atoms with Crippen molar-refractivity contribution in [3.63, 3.8) is 0 Å². The van der Waals surface area contributed by atoms with Crippen LogP contribution in [0.4, 0.5) is 4.79 Å². The molecule has 0 spiro atoms. The molecule has 1 aromatic rings. The van der Waals surface area contributed by atoms with E-state index in [0.717, 1.165) is 5.56 Å². The molecule has 136 valence electrons. The zero-order valence-electron chi connectivity index (χ0n) is 14.5. The minimum absolute atomic E-state index is 0.00383. The number of ether oxygens (including phenoxy) is 1. The number of phenols is 1. The number of nitrogens with one attached hydrogen (secondary N) is 2. The van der Waals surface area contributed by atoms with Crippen molar-refractivity contribution in [2.45, 2.75) is 12.8 Å². The Kier molecular flexibility index (Phi) is 5.13. The molecule has 7 nitrogen and oxygen atoms in total. The highest BCUT2D eigenvalue weighted by Gasteiger charge is 2.54. The van der Waals surface area contributed by atoms with Crippen LogP contribution in [0.3, 0.4) is 0 Å². The summed E-state index contributed by atoms with van der Waals surface area (Å²) in [7, 11) is 1.64. The fraction of sp³-hybridized carbons (Fsp3) is 0.556. The van der Waals surface area contributed by atoms with Crippen molar-refractivity contribution < 1.29 is 19.4 Å². The van der Waals surface area contributed by atoms with E-state index >= 15 is 0 Å². The van der Waals surface area contributed by atoms with Crippen LogP contribution in [-0.4, -0.2) is 61.8 Å². The molecule has 2 fully saturated rings. The third kappa shape index (κ3) is 3.56. The van der Waals surface area contributed by atoms with Crippen LogP contribution in [0.1, 0.15) is 12.0 Å². The van der Waals surface area contributed by atoms with E-state index in [-0.39, 0.29) is 23.6 Å². The van der Waals surface area contributed by atoms with Gasteiger partial charge in [0.2, 0.25) is 5.91 Å². The van der Waals surface area contributed by atoms with E-state index < -0.39 is 5.41 Å². The Morgan fingerprint density at radius 2 is 2.28 bits per heavy atom. The fourth-order valence-corrected chi connectivity index (χ4v) is 3.86. The van der Waals surface area contributed by atoms with Crippen molar-refractivity contribution in [1.29, 1.82) is 0 Å². The van der Waals surface area contributed by atoms with Gasteiger partial charge in [0.15, 0.2) is 0 Å². The summed E-state index contributed by atoms with van der Waals surface area (Å²) in [5, 5.41) is 15.1. The summed E-state index contributed by atoms with van der Waals surface area (Å²) in [5.41, 5.74) is 0.431. The van der Waals surface area contributed by atoms with Crippen LogP contribution in [0, 0.1) is 11.3 Å². The van der Waals surface area contributed by atoms with E-state index in [9.17, 15) is 14.7 Å². The van der Waals surface area contributed by atoms with Crippen molar-refractivity contribution in [3.8, 4) is 5.75 Å². The molecule has 2 saturated heterocycles. The number of fused-ring (bicyclic) bond motifs is 1. The second-order valence-corrected chi connectivity index (χ2v) is 6.79. The lowest BCUT2D eigenvalue weighted by Crippen LogP contribution is -2.50. The molecule has 2 heterocycles. The van der Waals surface area contributed by atoms with Gasteiger partial charge in [-0.1, -0.05) is 12.1 Å². The number of carbonyl (C=O) groups excluding carboxylic acids is 2. The zero-order chi connectivity index (χ0) is 17.9. The molecule has 25 heavy (non-hydrogen) atoms. The third-order valence-corrected chi connectivity index (χ3v) is 5.27. The summed E-state index contributed by atoms with van der Waals surface area (Å²) in [6.07, 6.45) is 1.28. The zero-order valence-corrected chi connectivity index (χ0v) is 14.5. The van der Waals surface area contributed by atoms with Crippen LogP contribution < -0.4 is 10.6 Å². The third-order valence-electron chi connectivity index (χ3n) is 5.27. The molecule has 1 aromatic carbocycles. The Hall–Kier alpha value is -2.28. The largest absolute Gasteiger partial charge is 0.508 e. The number of phenolic OH excluding ortho intramolecular Hbond substituents is 1. The monoisotopic (exact) mass is 347 g/mol. The van der Waals surface area contributed by atoms with Crippen LogP contribution in [0.15, 0.2) is 24.3 Å². The highest BCUT2D eigenvalue weighted by molar-refractivity contribution is 5.85. The summed E-state index contributed by atoms with van der Waals surface area (Å²) in [6, 6.07) is 6.85. The predicted octanol–water partition coefficient (Wildman–Crippen LogP) is 0.729. The van der Waals surface area contributed by atoms with Gasteiger partial charge in [-0.05, 0) is 30.5 Å². The Balaban J connectivity index is 1.57. The first-order chi connectivity index (χ1) is 12.0. The van der Waals surface area contributed by atoms with Crippen molar-refractivity contribution in [1.82, 2.24) is 15.5 Å². The number of rotatable bonds is 4. The number of nitrogens with zero attached hydrogens (tertiary/aromatic N) is 1. The molecule has 7 heteroatoms. The van der Waals surface area contributed by atoms with Crippen molar-refractivity contribution >= 4 is 11.9 Å². The van der Waals surface area contributed by atoms with Gasteiger partial charge in [0.25, 0.3) is 0 Å². The second kappa shape index (κ2) is 7.31. The molecular formula is C18H25N3O4. The second-order valence-electron chi connectivity index (χ2n) is 6.79. The molecule has 2 aliphatic heterocycles.